The van der Waals surface area contributed by atoms with Gasteiger partial charge in [0, 0.05) is 6.20 Å². The summed E-state index contributed by atoms with van der Waals surface area (Å²) in [6, 6.07) is 4.81. The molecule has 0 bridgehead atoms. The Kier molecular flexibility index (Phi) is 3.09. The highest BCUT2D eigenvalue weighted by atomic mass is 35.5. The quantitative estimate of drug-likeness (QED) is 0.912. The maximum absolute atomic E-state index is 11.1. The third-order valence-corrected chi connectivity index (χ3v) is 2.98. The van der Waals surface area contributed by atoms with Gasteiger partial charge in [-0.05, 0) is 19.1 Å². The van der Waals surface area contributed by atoms with E-state index in [4.69, 9.17) is 28.3 Å². The largest absolute Gasteiger partial charge is 0.478 e. The summed E-state index contributed by atoms with van der Waals surface area (Å²) in [5, 5.41) is 13.9. The summed E-state index contributed by atoms with van der Waals surface area (Å²) in [6.45, 7) is 1.74. The number of carboxylic acids is 1. The molecule has 0 unspecified atom stereocenters. The fourth-order valence-electron chi connectivity index (χ4n) is 1.48. The maximum atomic E-state index is 11.1. The molecule has 0 amide bonds. The molecule has 0 aliphatic heterocycles. The Labute approximate surface area is 107 Å². The van der Waals surface area contributed by atoms with Crippen LogP contribution in [0.25, 0.3) is 5.69 Å². The highest BCUT2D eigenvalue weighted by Gasteiger charge is 2.16. The second-order valence-corrected chi connectivity index (χ2v) is 4.26. The fraction of sp³-hybridized carbons (Fsp3) is 0.0909. The molecule has 0 aliphatic carbocycles. The van der Waals surface area contributed by atoms with E-state index in [9.17, 15) is 4.79 Å². The van der Waals surface area contributed by atoms with Crippen molar-refractivity contribution in [3.63, 3.8) is 0 Å². The van der Waals surface area contributed by atoms with Gasteiger partial charge in [0.05, 0.1) is 21.4 Å². The minimum absolute atomic E-state index is 0.00772. The number of halogens is 2. The highest BCUT2D eigenvalue weighted by Crippen LogP contribution is 2.24. The number of aryl methyl sites for hydroxylation is 1. The Morgan fingerprint density at radius 3 is 2.59 bits per heavy atom. The first-order valence-electron chi connectivity index (χ1n) is 4.74. The SMILES string of the molecule is Cc1nn(-c2cccc(Cl)c2C(=O)O)cc1Cl. The monoisotopic (exact) mass is 270 g/mol. The van der Waals surface area contributed by atoms with E-state index in [1.165, 1.54) is 10.7 Å². The fourth-order valence-corrected chi connectivity index (χ4v) is 1.86. The van der Waals surface area contributed by atoms with Gasteiger partial charge in [-0.15, -0.1) is 0 Å². The lowest BCUT2D eigenvalue weighted by molar-refractivity contribution is 0.0697. The van der Waals surface area contributed by atoms with Gasteiger partial charge < -0.3 is 5.11 Å². The summed E-state index contributed by atoms with van der Waals surface area (Å²) in [7, 11) is 0. The van der Waals surface area contributed by atoms with Gasteiger partial charge in [0.25, 0.3) is 0 Å². The van der Waals surface area contributed by atoms with E-state index in [1.807, 2.05) is 0 Å². The zero-order valence-electron chi connectivity index (χ0n) is 8.82. The number of carbonyl (C=O) groups is 1. The molecule has 0 radical (unpaired) electrons. The Morgan fingerprint density at radius 2 is 2.06 bits per heavy atom. The second-order valence-electron chi connectivity index (χ2n) is 3.45. The standard InChI is InChI=1S/C11H8Cl2N2O2/c1-6-8(13)5-15(14-6)9-4-2-3-7(12)10(9)11(16)17/h2-5H,1H3,(H,16,17). The predicted molar refractivity (Wildman–Crippen MR) is 65.3 cm³/mol. The molecule has 88 valence electrons. The van der Waals surface area contributed by atoms with Crippen LogP contribution in [0.3, 0.4) is 0 Å². The summed E-state index contributed by atoms with van der Waals surface area (Å²) >= 11 is 11.8. The zero-order chi connectivity index (χ0) is 12.6. The van der Waals surface area contributed by atoms with Crippen LogP contribution < -0.4 is 0 Å². The maximum Gasteiger partial charge on any atom is 0.339 e. The van der Waals surface area contributed by atoms with Crippen molar-refractivity contribution in [2.75, 3.05) is 0 Å². The number of carboxylic acid groups (broad SMARTS) is 1. The van der Waals surface area contributed by atoms with E-state index < -0.39 is 5.97 Å². The summed E-state index contributed by atoms with van der Waals surface area (Å²) in [5.74, 6) is -1.10. The first-order chi connectivity index (χ1) is 8.00. The van der Waals surface area contributed by atoms with Crippen molar-refractivity contribution in [3.8, 4) is 5.69 Å². The number of aromatic nitrogens is 2. The molecule has 0 fully saturated rings. The van der Waals surface area contributed by atoms with E-state index in [2.05, 4.69) is 5.10 Å². The van der Waals surface area contributed by atoms with Crippen LogP contribution >= 0.6 is 23.2 Å². The van der Waals surface area contributed by atoms with Crippen molar-refractivity contribution in [2.24, 2.45) is 0 Å². The minimum Gasteiger partial charge on any atom is -0.478 e. The topological polar surface area (TPSA) is 55.1 Å². The molecule has 17 heavy (non-hydrogen) atoms. The van der Waals surface area contributed by atoms with Crippen LogP contribution in [-0.2, 0) is 0 Å². The molecule has 2 rings (SSSR count). The lowest BCUT2D eigenvalue weighted by Crippen LogP contribution is -2.06. The Balaban J connectivity index is 2.67. The molecule has 0 saturated carbocycles. The van der Waals surface area contributed by atoms with Gasteiger partial charge in [0.2, 0.25) is 0 Å². The van der Waals surface area contributed by atoms with Crippen molar-refractivity contribution < 1.29 is 9.90 Å². The van der Waals surface area contributed by atoms with Crippen LogP contribution in [0.1, 0.15) is 16.1 Å². The van der Waals surface area contributed by atoms with Crippen LogP contribution in [0.2, 0.25) is 10.0 Å². The number of rotatable bonds is 2. The zero-order valence-corrected chi connectivity index (χ0v) is 10.3. The highest BCUT2D eigenvalue weighted by molar-refractivity contribution is 6.34. The van der Waals surface area contributed by atoms with Gasteiger partial charge in [-0.2, -0.15) is 5.10 Å². The van der Waals surface area contributed by atoms with Crippen LogP contribution in [-0.4, -0.2) is 20.9 Å². The Hall–Kier alpha value is -1.52. The number of aromatic carboxylic acids is 1. The molecule has 1 N–H and O–H groups in total. The average molecular weight is 271 g/mol. The third-order valence-electron chi connectivity index (χ3n) is 2.29. The van der Waals surface area contributed by atoms with Crippen molar-refractivity contribution in [1.82, 2.24) is 9.78 Å². The molecular formula is C11H8Cl2N2O2. The van der Waals surface area contributed by atoms with Crippen molar-refractivity contribution in [3.05, 3.63) is 45.7 Å². The summed E-state index contributed by atoms with van der Waals surface area (Å²) in [5.41, 5.74) is 1.02. The Morgan fingerprint density at radius 1 is 1.35 bits per heavy atom. The first kappa shape index (κ1) is 12.0. The summed E-state index contributed by atoms with van der Waals surface area (Å²) in [4.78, 5) is 11.1. The molecule has 0 saturated heterocycles. The smallest absolute Gasteiger partial charge is 0.339 e. The second kappa shape index (κ2) is 4.39. The molecule has 1 aromatic heterocycles. The predicted octanol–water partition coefficient (Wildman–Crippen LogP) is 3.19. The number of hydrogen-bond donors (Lipinski definition) is 1. The van der Waals surface area contributed by atoms with E-state index in [0.717, 1.165) is 0 Å². The molecule has 6 heteroatoms. The lowest BCUT2D eigenvalue weighted by Gasteiger charge is -2.07. The molecule has 1 aromatic carbocycles. The number of benzene rings is 1. The van der Waals surface area contributed by atoms with Gasteiger partial charge in [0.1, 0.15) is 5.56 Å². The molecule has 0 aliphatic rings. The third kappa shape index (κ3) is 2.14. The lowest BCUT2D eigenvalue weighted by atomic mass is 10.2. The van der Waals surface area contributed by atoms with E-state index >= 15 is 0 Å². The molecule has 2 aromatic rings. The number of hydrogen-bond acceptors (Lipinski definition) is 2. The van der Waals surface area contributed by atoms with Crippen molar-refractivity contribution in [2.45, 2.75) is 6.92 Å². The molecule has 4 nitrogen and oxygen atoms in total. The van der Waals surface area contributed by atoms with Gasteiger partial charge in [-0.25, -0.2) is 9.48 Å². The molecule has 1 heterocycles. The van der Waals surface area contributed by atoms with Gasteiger partial charge in [-0.1, -0.05) is 29.3 Å². The normalized spacial score (nSPS) is 10.5. The van der Waals surface area contributed by atoms with Crippen LogP contribution in [0.15, 0.2) is 24.4 Å². The van der Waals surface area contributed by atoms with Gasteiger partial charge in [-0.3, -0.25) is 0 Å². The number of nitrogens with zero attached hydrogens (tertiary/aromatic N) is 2. The van der Waals surface area contributed by atoms with E-state index in [1.54, 1.807) is 25.3 Å². The Bertz CT molecular complexity index is 574. The molecule has 0 spiro atoms. The van der Waals surface area contributed by atoms with Crippen molar-refractivity contribution >= 4 is 29.2 Å². The van der Waals surface area contributed by atoms with Gasteiger partial charge in [0.15, 0.2) is 0 Å². The average Bonchev–Trinajstić information content (AvgIpc) is 2.58. The van der Waals surface area contributed by atoms with Crippen LogP contribution in [0.5, 0.6) is 0 Å². The summed E-state index contributed by atoms with van der Waals surface area (Å²) < 4.78 is 1.41. The van der Waals surface area contributed by atoms with Gasteiger partial charge >= 0.3 is 5.97 Å². The minimum atomic E-state index is -1.10. The first-order valence-corrected chi connectivity index (χ1v) is 5.50. The van der Waals surface area contributed by atoms with Crippen LogP contribution in [0.4, 0.5) is 0 Å². The van der Waals surface area contributed by atoms with E-state index in [0.29, 0.717) is 16.4 Å². The summed E-state index contributed by atoms with van der Waals surface area (Å²) in [6.07, 6.45) is 1.55. The van der Waals surface area contributed by atoms with Crippen LogP contribution in [0, 0.1) is 6.92 Å². The van der Waals surface area contributed by atoms with Crippen molar-refractivity contribution in [1.29, 1.82) is 0 Å². The molecule has 0 atom stereocenters. The molecular weight excluding hydrogens is 263 g/mol. The van der Waals surface area contributed by atoms with E-state index in [-0.39, 0.29) is 10.6 Å².